The lowest BCUT2D eigenvalue weighted by Crippen LogP contribution is -2.23. The average Bonchev–Trinajstić information content (AvgIpc) is 3.16. The Balaban J connectivity index is 0.000000202. The fraction of sp³-hybridized carbons (Fsp3) is 0.500. The van der Waals surface area contributed by atoms with Crippen LogP contribution in [-0.2, 0) is 10.5 Å². The second-order valence-electron chi connectivity index (χ2n) is 3.66. The standard InChI is InChI=1S/C9H12O2.C3H6O2/c1-2-9(10,11)8-6-4-3-5-7-8;4-1-3-2-5-3/h3-7,10-11H,2H2,1H3;3-4H,1-2H2/i;4D. The molecule has 0 spiro atoms. The van der Waals surface area contributed by atoms with Crippen LogP contribution in [0.4, 0.5) is 0 Å². The highest BCUT2D eigenvalue weighted by Crippen LogP contribution is 2.20. The molecule has 1 heterocycles. The van der Waals surface area contributed by atoms with Gasteiger partial charge in [-0.2, -0.15) is 0 Å². The lowest BCUT2D eigenvalue weighted by molar-refractivity contribution is -0.171. The summed E-state index contributed by atoms with van der Waals surface area (Å²) in [5.74, 6) is -1.67. The van der Waals surface area contributed by atoms with Crippen molar-refractivity contribution in [3.63, 3.8) is 0 Å². The summed E-state index contributed by atoms with van der Waals surface area (Å²) in [4.78, 5) is 0. The molecular formula is C12H18O4. The van der Waals surface area contributed by atoms with Crippen LogP contribution >= 0.6 is 0 Å². The van der Waals surface area contributed by atoms with Crippen LogP contribution in [0.2, 0.25) is 0 Å². The van der Waals surface area contributed by atoms with Gasteiger partial charge in [-0.3, -0.25) is 0 Å². The van der Waals surface area contributed by atoms with Gasteiger partial charge < -0.3 is 20.1 Å². The van der Waals surface area contributed by atoms with Gasteiger partial charge in [0.25, 0.3) is 0 Å². The summed E-state index contributed by atoms with van der Waals surface area (Å²) in [6.07, 6.45) is 0.541. The molecule has 0 radical (unpaired) electrons. The first-order chi connectivity index (χ1) is 8.10. The molecule has 0 aliphatic carbocycles. The van der Waals surface area contributed by atoms with Gasteiger partial charge in [0.1, 0.15) is 6.10 Å². The second-order valence-corrected chi connectivity index (χ2v) is 3.66. The fourth-order valence-electron chi connectivity index (χ4n) is 1.07. The molecule has 90 valence electrons. The third-order valence-corrected chi connectivity index (χ3v) is 2.32. The third-order valence-electron chi connectivity index (χ3n) is 2.32. The van der Waals surface area contributed by atoms with E-state index in [0.717, 1.165) is 6.61 Å². The number of rotatable bonds is 4. The normalized spacial score (nSPS) is 19.4. The molecule has 1 aromatic rings. The Morgan fingerprint density at radius 1 is 1.44 bits per heavy atom. The molecule has 1 aliphatic rings. The molecule has 0 bridgehead atoms. The van der Waals surface area contributed by atoms with Crippen molar-refractivity contribution in [2.24, 2.45) is 0 Å². The van der Waals surface area contributed by atoms with Crippen molar-refractivity contribution in [3.8, 4) is 0 Å². The van der Waals surface area contributed by atoms with E-state index < -0.39 is 5.79 Å². The van der Waals surface area contributed by atoms with Gasteiger partial charge in [-0.25, -0.2) is 0 Å². The van der Waals surface area contributed by atoms with Crippen LogP contribution in [0.3, 0.4) is 0 Å². The molecule has 0 saturated carbocycles. The Kier molecular flexibility index (Phi) is 4.30. The predicted molar refractivity (Wildman–Crippen MR) is 59.7 cm³/mol. The van der Waals surface area contributed by atoms with Gasteiger partial charge in [0, 0.05) is 12.0 Å². The molecule has 1 unspecified atom stereocenters. The lowest BCUT2D eigenvalue weighted by Gasteiger charge is -2.19. The van der Waals surface area contributed by atoms with Gasteiger partial charge in [-0.1, -0.05) is 37.3 Å². The highest BCUT2D eigenvalue weighted by Gasteiger charge is 2.21. The number of ether oxygens (including phenoxy) is 1. The van der Waals surface area contributed by atoms with Gasteiger partial charge in [-0.15, -0.1) is 0 Å². The van der Waals surface area contributed by atoms with Crippen molar-refractivity contribution >= 4 is 0 Å². The molecule has 1 aromatic carbocycles. The molecule has 16 heavy (non-hydrogen) atoms. The Morgan fingerprint density at radius 2 is 2.06 bits per heavy atom. The summed E-state index contributed by atoms with van der Waals surface area (Å²) in [6, 6.07) is 8.81. The first kappa shape index (κ1) is 11.5. The molecule has 4 heteroatoms. The Bertz CT molecular complexity index is 312. The highest BCUT2D eigenvalue weighted by molar-refractivity contribution is 5.19. The van der Waals surface area contributed by atoms with Crippen molar-refractivity contribution in [2.75, 3.05) is 13.2 Å². The van der Waals surface area contributed by atoms with Crippen LogP contribution in [-0.4, -0.2) is 36.1 Å². The van der Waals surface area contributed by atoms with Gasteiger partial charge in [-0.05, 0) is 0 Å². The third kappa shape index (κ3) is 4.28. The SMILES string of the molecule is CCC(O)(O)c1ccccc1.[2H]OCC1CO1. The van der Waals surface area contributed by atoms with Crippen LogP contribution in [0.25, 0.3) is 0 Å². The maximum atomic E-state index is 9.35. The first-order valence-corrected chi connectivity index (χ1v) is 5.30. The second kappa shape index (κ2) is 5.96. The Hall–Kier alpha value is -0.940. The van der Waals surface area contributed by atoms with Crippen molar-refractivity contribution < 1.29 is 20.1 Å². The van der Waals surface area contributed by atoms with Gasteiger partial charge in [0.2, 0.25) is 1.43 Å². The summed E-state index contributed by atoms with van der Waals surface area (Å²) >= 11 is 0. The molecule has 1 fully saturated rings. The molecular weight excluding hydrogens is 208 g/mol. The van der Waals surface area contributed by atoms with E-state index in [1.54, 1.807) is 31.2 Å². The number of aliphatic hydroxyl groups excluding tert-OH is 1. The zero-order valence-electron chi connectivity index (χ0n) is 10.3. The van der Waals surface area contributed by atoms with Crippen molar-refractivity contribution in [3.05, 3.63) is 35.9 Å². The van der Waals surface area contributed by atoms with Gasteiger partial charge in [0.15, 0.2) is 5.79 Å². The largest absolute Gasteiger partial charge is 0.394 e. The summed E-state index contributed by atoms with van der Waals surface area (Å²) in [6.45, 7) is 2.94. The van der Waals surface area contributed by atoms with E-state index in [9.17, 15) is 10.2 Å². The van der Waals surface area contributed by atoms with E-state index in [2.05, 4.69) is 5.11 Å². The average molecular weight is 227 g/mol. The summed E-state index contributed by atoms with van der Waals surface area (Å²) in [7, 11) is 0. The minimum Gasteiger partial charge on any atom is -0.394 e. The molecule has 2 rings (SSSR count). The Labute approximate surface area is 96.6 Å². The van der Waals surface area contributed by atoms with E-state index in [1.165, 1.54) is 0 Å². The maximum absolute atomic E-state index is 9.35. The summed E-state index contributed by atoms with van der Waals surface area (Å²) in [5.41, 5.74) is 0.544. The van der Waals surface area contributed by atoms with Crippen LogP contribution in [0.15, 0.2) is 30.3 Å². The fourth-order valence-corrected chi connectivity index (χ4v) is 1.07. The van der Waals surface area contributed by atoms with Gasteiger partial charge >= 0.3 is 0 Å². The van der Waals surface area contributed by atoms with Crippen LogP contribution in [0, 0.1) is 0 Å². The number of benzene rings is 1. The zero-order valence-corrected chi connectivity index (χ0v) is 9.30. The Morgan fingerprint density at radius 3 is 2.44 bits per heavy atom. The first-order valence-electron chi connectivity index (χ1n) is 5.71. The quantitative estimate of drug-likeness (QED) is 0.520. The highest BCUT2D eigenvalue weighted by atomic mass is 16.6. The number of aliphatic hydroxyl groups is 3. The van der Waals surface area contributed by atoms with Crippen molar-refractivity contribution in [2.45, 2.75) is 25.2 Å². The predicted octanol–water partition coefficient (Wildman–Crippen LogP) is 0.611. The molecule has 0 aromatic heterocycles. The van der Waals surface area contributed by atoms with E-state index in [-0.39, 0.29) is 6.10 Å². The van der Waals surface area contributed by atoms with E-state index in [4.69, 9.17) is 6.17 Å². The maximum Gasteiger partial charge on any atom is 0.210 e. The molecule has 4 nitrogen and oxygen atoms in total. The topological polar surface area (TPSA) is 73.2 Å². The number of hydrogen-bond donors (Lipinski definition) is 3. The van der Waals surface area contributed by atoms with Gasteiger partial charge in [0.05, 0.1) is 13.2 Å². The molecule has 1 saturated heterocycles. The molecule has 1 aliphatic heterocycles. The smallest absolute Gasteiger partial charge is 0.210 e. The monoisotopic (exact) mass is 227 g/mol. The minimum absolute atomic E-state index is 0.238. The van der Waals surface area contributed by atoms with Crippen LogP contribution in [0.5, 0.6) is 0 Å². The van der Waals surface area contributed by atoms with E-state index >= 15 is 0 Å². The minimum atomic E-state index is -1.67. The van der Waals surface area contributed by atoms with E-state index in [0.29, 0.717) is 18.6 Å². The van der Waals surface area contributed by atoms with Crippen molar-refractivity contribution in [1.82, 2.24) is 0 Å². The lowest BCUT2D eigenvalue weighted by atomic mass is 10.0. The zero-order chi connectivity index (χ0) is 12.7. The van der Waals surface area contributed by atoms with Crippen LogP contribution < -0.4 is 0 Å². The van der Waals surface area contributed by atoms with E-state index in [1.807, 2.05) is 6.07 Å². The number of hydrogen-bond acceptors (Lipinski definition) is 4. The van der Waals surface area contributed by atoms with Crippen molar-refractivity contribution in [1.29, 1.82) is 1.43 Å². The molecule has 3 N–H and O–H groups in total. The molecule has 0 amide bonds. The molecule has 1 atom stereocenters. The number of epoxide rings is 1. The summed E-state index contributed by atoms with van der Waals surface area (Å²) in [5, 5.41) is 22.7. The summed E-state index contributed by atoms with van der Waals surface area (Å²) < 4.78 is 10.9. The van der Waals surface area contributed by atoms with Crippen LogP contribution in [0.1, 0.15) is 18.9 Å².